The molecule has 0 aliphatic heterocycles. The Balaban J connectivity index is 4.15. The molecule has 0 saturated heterocycles. The number of rotatable bonds is 5. The highest BCUT2D eigenvalue weighted by Crippen LogP contribution is 2.13. The van der Waals surface area contributed by atoms with E-state index in [1.165, 1.54) is 0 Å². The number of hydrogen-bond donors (Lipinski definition) is 4. The maximum absolute atomic E-state index is 9.40. The second-order valence-corrected chi connectivity index (χ2v) is 3.69. The molecule has 4 N–H and O–H groups in total. The van der Waals surface area contributed by atoms with Gasteiger partial charge in [0.15, 0.2) is 0 Å². The minimum atomic E-state index is -1.28. The molecule has 0 aliphatic rings. The quantitative estimate of drug-likeness (QED) is 0.473. The molecule has 0 aromatic rings. The van der Waals surface area contributed by atoms with Gasteiger partial charge < -0.3 is 20.4 Å². The molecule has 0 aliphatic carbocycles. The van der Waals surface area contributed by atoms with Crippen molar-refractivity contribution in [2.45, 2.75) is 51.6 Å². The lowest BCUT2D eigenvalue weighted by atomic mass is 9.94. The highest BCUT2D eigenvalue weighted by molar-refractivity contribution is 4.81. The maximum Gasteiger partial charge on any atom is 0.108 e. The van der Waals surface area contributed by atoms with Gasteiger partial charge in [-0.15, -0.1) is 0 Å². The first-order valence-electron chi connectivity index (χ1n) is 4.64. The summed E-state index contributed by atoms with van der Waals surface area (Å²) in [6.07, 6.45) is -4.19. The minimum Gasteiger partial charge on any atom is -0.390 e. The van der Waals surface area contributed by atoms with Crippen molar-refractivity contribution in [1.82, 2.24) is 0 Å². The third-order valence-electron chi connectivity index (χ3n) is 2.20. The topological polar surface area (TPSA) is 80.9 Å². The predicted molar refractivity (Wildman–Crippen MR) is 49.2 cm³/mol. The molecule has 0 unspecified atom stereocenters. The summed E-state index contributed by atoms with van der Waals surface area (Å²) in [6.45, 7) is 5.17. The van der Waals surface area contributed by atoms with Crippen LogP contribution in [0.1, 0.15) is 27.2 Å². The molecule has 80 valence electrons. The summed E-state index contributed by atoms with van der Waals surface area (Å²) in [6, 6.07) is 0. The number of hydrogen-bond acceptors (Lipinski definition) is 4. The second-order valence-electron chi connectivity index (χ2n) is 3.69. The lowest BCUT2D eigenvalue weighted by Gasteiger charge is -2.27. The van der Waals surface area contributed by atoms with Crippen LogP contribution in [0.3, 0.4) is 0 Å². The van der Waals surface area contributed by atoms with Crippen LogP contribution in [0.15, 0.2) is 0 Å². The van der Waals surface area contributed by atoms with Crippen LogP contribution in [0, 0.1) is 5.92 Å². The van der Waals surface area contributed by atoms with E-state index in [1.807, 2.05) is 0 Å². The fourth-order valence-corrected chi connectivity index (χ4v) is 1.07. The van der Waals surface area contributed by atoms with E-state index in [0.717, 1.165) is 0 Å². The molecule has 4 heteroatoms. The van der Waals surface area contributed by atoms with Crippen molar-refractivity contribution < 1.29 is 20.4 Å². The Labute approximate surface area is 78.8 Å². The van der Waals surface area contributed by atoms with E-state index in [0.29, 0.717) is 6.42 Å². The highest BCUT2D eigenvalue weighted by atomic mass is 16.4. The van der Waals surface area contributed by atoms with Gasteiger partial charge in [0.25, 0.3) is 0 Å². The van der Waals surface area contributed by atoms with Gasteiger partial charge in [-0.25, -0.2) is 0 Å². The van der Waals surface area contributed by atoms with E-state index < -0.39 is 24.4 Å². The van der Waals surface area contributed by atoms with Crippen LogP contribution in [0.4, 0.5) is 0 Å². The van der Waals surface area contributed by atoms with Crippen molar-refractivity contribution in [3.63, 3.8) is 0 Å². The van der Waals surface area contributed by atoms with Crippen LogP contribution >= 0.6 is 0 Å². The molecule has 0 fully saturated rings. The predicted octanol–water partition coefficient (Wildman–Crippen LogP) is -0.504. The van der Waals surface area contributed by atoms with Gasteiger partial charge in [0.05, 0.1) is 12.2 Å². The molecular formula is C9H20O4. The van der Waals surface area contributed by atoms with Gasteiger partial charge in [-0.05, 0) is 12.3 Å². The summed E-state index contributed by atoms with van der Waals surface area (Å²) in [4.78, 5) is 0. The zero-order chi connectivity index (χ0) is 10.6. The SMILES string of the molecule is CC[C@H](O)[C@H](O)[C@@H](O)[C@@H](O)C(C)C. The molecule has 0 heterocycles. The summed E-state index contributed by atoms with van der Waals surface area (Å²) in [5, 5.41) is 37.3. The molecule has 0 aromatic carbocycles. The largest absolute Gasteiger partial charge is 0.390 e. The average Bonchev–Trinajstić information content (AvgIpc) is 2.12. The van der Waals surface area contributed by atoms with E-state index in [9.17, 15) is 20.4 Å². The maximum atomic E-state index is 9.40. The summed E-state index contributed by atoms with van der Waals surface area (Å²) in [7, 11) is 0. The molecule has 4 atom stereocenters. The van der Waals surface area contributed by atoms with E-state index in [1.54, 1.807) is 20.8 Å². The van der Waals surface area contributed by atoms with Crippen molar-refractivity contribution in [2.75, 3.05) is 0 Å². The van der Waals surface area contributed by atoms with Crippen LogP contribution in [0.5, 0.6) is 0 Å². The van der Waals surface area contributed by atoms with Gasteiger partial charge in [0.2, 0.25) is 0 Å². The third-order valence-corrected chi connectivity index (χ3v) is 2.20. The minimum absolute atomic E-state index is 0.145. The van der Waals surface area contributed by atoms with E-state index in [4.69, 9.17) is 0 Å². The molecular weight excluding hydrogens is 172 g/mol. The van der Waals surface area contributed by atoms with Crippen LogP contribution in [-0.4, -0.2) is 44.8 Å². The zero-order valence-electron chi connectivity index (χ0n) is 8.38. The van der Waals surface area contributed by atoms with Gasteiger partial charge in [-0.1, -0.05) is 20.8 Å². The Bertz CT molecular complexity index is 138. The molecule has 0 bridgehead atoms. The Morgan fingerprint density at radius 1 is 0.846 bits per heavy atom. The molecule has 13 heavy (non-hydrogen) atoms. The molecule has 0 rings (SSSR count). The normalized spacial score (nSPS) is 21.2. The summed E-state index contributed by atoms with van der Waals surface area (Å²) in [5.74, 6) is -0.145. The zero-order valence-corrected chi connectivity index (χ0v) is 8.38. The van der Waals surface area contributed by atoms with Crippen molar-refractivity contribution in [2.24, 2.45) is 5.92 Å². The Kier molecular flexibility index (Phi) is 5.48. The Hall–Kier alpha value is -0.160. The van der Waals surface area contributed by atoms with Crippen molar-refractivity contribution >= 4 is 0 Å². The molecule has 4 nitrogen and oxygen atoms in total. The van der Waals surface area contributed by atoms with Gasteiger partial charge in [0, 0.05) is 0 Å². The summed E-state index contributed by atoms with van der Waals surface area (Å²) >= 11 is 0. The molecule has 0 aromatic heterocycles. The first-order valence-corrected chi connectivity index (χ1v) is 4.64. The number of aliphatic hydroxyl groups excluding tert-OH is 4. The Morgan fingerprint density at radius 3 is 1.62 bits per heavy atom. The van der Waals surface area contributed by atoms with Gasteiger partial charge >= 0.3 is 0 Å². The van der Waals surface area contributed by atoms with Crippen molar-refractivity contribution in [3.8, 4) is 0 Å². The van der Waals surface area contributed by atoms with Crippen LogP contribution in [0.25, 0.3) is 0 Å². The highest BCUT2D eigenvalue weighted by Gasteiger charge is 2.30. The monoisotopic (exact) mass is 192 g/mol. The lowest BCUT2D eigenvalue weighted by molar-refractivity contribution is -0.115. The molecule has 0 amide bonds. The smallest absolute Gasteiger partial charge is 0.108 e. The molecule has 0 radical (unpaired) electrons. The van der Waals surface area contributed by atoms with Crippen molar-refractivity contribution in [1.29, 1.82) is 0 Å². The fraction of sp³-hybridized carbons (Fsp3) is 1.00. The van der Waals surface area contributed by atoms with Crippen LogP contribution < -0.4 is 0 Å². The van der Waals surface area contributed by atoms with Crippen LogP contribution in [-0.2, 0) is 0 Å². The standard InChI is InChI=1S/C9H20O4/c1-4-6(10)8(12)9(13)7(11)5(2)3/h5-13H,4H2,1-3H3/t6-,7-,8-,9-/m0/s1. The summed E-state index contributed by atoms with van der Waals surface area (Å²) in [5.41, 5.74) is 0. The fourth-order valence-electron chi connectivity index (χ4n) is 1.07. The van der Waals surface area contributed by atoms with Crippen molar-refractivity contribution in [3.05, 3.63) is 0 Å². The van der Waals surface area contributed by atoms with Crippen LogP contribution in [0.2, 0.25) is 0 Å². The average molecular weight is 192 g/mol. The van der Waals surface area contributed by atoms with E-state index >= 15 is 0 Å². The lowest BCUT2D eigenvalue weighted by Crippen LogP contribution is -2.46. The third kappa shape index (κ3) is 3.60. The molecule has 0 saturated carbocycles. The van der Waals surface area contributed by atoms with Gasteiger partial charge in [-0.3, -0.25) is 0 Å². The second kappa shape index (κ2) is 5.54. The van der Waals surface area contributed by atoms with E-state index in [2.05, 4.69) is 0 Å². The first kappa shape index (κ1) is 12.8. The van der Waals surface area contributed by atoms with E-state index in [-0.39, 0.29) is 5.92 Å². The first-order chi connectivity index (χ1) is 5.91. The molecule has 0 spiro atoms. The Morgan fingerprint density at radius 2 is 1.31 bits per heavy atom. The number of aliphatic hydroxyl groups is 4. The van der Waals surface area contributed by atoms with Gasteiger partial charge in [-0.2, -0.15) is 0 Å². The summed E-state index contributed by atoms with van der Waals surface area (Å²) < 4.78 is 0. The van der Waals surface area contributed by atoms with Gasteiger partial charge in [0.1, 0.15) is 12.2 Å².